The number of carboxylic acids is 1. The lowest BCUT2D eigenvalue weighted by Crippen LogP contribution is -2.40. The summed E-state index contributed by atoms with van der Waals surface area (Å²) in [6.07, 6.45) is 3.70. The van der Waals surface area contributed by atoms with Crippen LogP contribution in [0.15, 0.2) is 24.3 Å². The van der Waals surface area contributed by atoms with Crippen molar-refractivity contribution in [2.45, 2.75) is 38.6 Å². The third kappa shape index (κ3) is 4.15. The molecule has 130 valence electrons. The average Bonchev–Trinajstić information content (AvgIpc) is 2.61. The van der Waals surface area contributed by atoms with Crippen LogP contribution in [-0.4, -0.2) is 41.5 Å². The number of carbonyl (C=O) groups is 2. The summed E-state index contributed by atoms with van der Waals surface area (Å²) in [6.45, 7) is 3.52. The fourth-order valence-corrected chi connectivity index (χ4v) is 3.83. The van der Waals surface area contributed by atoms with E-state index in [0.717, 1.165) is 26.1 Å². The van der Waals surface area contributed by atoms with Gasteiger partial charge in [-0.25, -0.2) is 0 Å². The lowest BCUT2D eigenvalue weighted by atomic mass is 9.81. The van der Waals surface area contributed by atoms with Crippen LogP contribution in [0, 0.1) is 11.8 Å². The number of nitrogens with one attached hydrogen (secondary N) is 1. The topological polar surface area (TPSA) is 69.6 Å². The number of hydrogen-bond donors (Lipinski definition) is 2. The number of nitrogens with zero attached hydrogens (tertiary/aromatic N) is 1. The van der Waals surface area contributed by atoms with Gasteiger partial charge in [0.05, 0.1) is 5.92 Å². The smallest absolute Gasteiger partial charge is 0.306 e. The summed E-state index contributed by atoms with van der Waals surface area (Å²) >= 11 is 0. The third-order valence-electron chi connectivity index (χ3n) is 5.38. The van der Waals surface area contributed by atoms with Crippen molar-refractivity contribution in [2.24, 2.45) is 11.8 Å². The van der Waals surface area contributed by atoms with Gasteiger partial charge in [0.25, 0.3) is 0 Å². The predicted octanol–water partition coefficient (Wildman–Crippen LogP) is 2.05. The largest absolute Gasteiger partial charge is 0.481 e. The van der Waals surface area contributed by atoms with Crippen molar-refractivity contribution in [1.29, 1.82) is 0 Å². The summed E-state index contributed by atoms with van der Waals surface area (Å²) in [5.41, 5.74) is 2.83. The highest BCUT2D eigenvalue weighted by Crippen LogP contribution is 2.29. The molecule has 0 saturated heterocycles. The van der Waals surface area contributed by atoms with Crippen molar-refractivity contribution in [2.75, 3.05) is 19.6 Å². The normalized spacial score (nSPS) is 24.2. The zero-order chi connectivity index (χ0) is 16.9. The number of carboxylic acid groups (broad SMARTS) is 1. The zero-order valence-corrected chi connectivity index (χ0v) is 14.0. The minimum atomic E-state index is -0.723. The average molecular weight is 330 g/mol. The maximum Gasteiger partial charge on any atom is 0.306 e. The Kier molecular flexibility index (Phi) is 5.51. The van der Waals surface area contributed by atoms with E-state index in [2.05, 4.69) is 34.5 Å². The molecule has 1 aromatic rings. The molecule has 2 N–H and O–H groups in total. The molecule has 5 nitrogen and oxygen atoms in total. The van der Waals surface area contributed by atoms with E-state index in [0.29, 0.717) is 32.2 Å². The van der Waals surface area contributed by atoms with Crippen LogP contribution in [0.4, 0.5) is 0 Å². The fraction of sp³-hybridized carbons (Fsp3) is 0.579. The molecule has 0 radical (unpaired) electrons. The van der Waals surface area contributed by atoms with E-state index in [4.69, 9.17) is 5.11 Å². The lowest BCUT2D eigenvalue weighted by molar-refractivity contribution is -0.144. The molecule has 0 aromatic heterocycles. The van der Waals surface area contributed by atoms with Gasteiger partial charge in [0.2, 0.25) is 5.91 Å². The lowest BCUT2D eigenvalue weighted by Gasteiger charge is -2.29. The van der Waals surface area contributed by atoms with Gasteiger partial charge in [-0.2, -0.15) is 0 Å². The van der Waals surface area contributed by atoms with E-state index < -0.39 is 5.97 Å². The van der Waals surface area contributed by atoms with E-state index in [1.165, 1.54) is 11.1 Å². The zero-order valence-electron chi connectivity index (χ0n) is 14.0. The van der Waals surface area contributed by atoms with Crippen LogP contribution >= 0.6 is 0 Å². The van der Waals surface area contributed by atoms with Gasteiger partial charge in [0, 0.05) is 32.1 Å². The van der Waals surface area contributed by atoms with Gasteiger partial charge in [-0.15, -0.1) is 0 Å². The van der Waals surface area contributed by atoms with Gasteiger partial charge < -0.3 is 10.4 Å². The Morgan fingerprint density at radius 2 is 1.75 bits per heavy atom. The summed E-state index contributed by atoms with van der Waals surface area (Å²) in [6, 6.07) is 8.55. The van der Waals surface area contributed by atoms with Crippen molar-refractivity contribution < 1.29 is 14.7 Å². The second-order valence-electron chi connectivity index (χ2n) is 6.97. The molecule has 24 heavy (non-hydrogen) atoms. The summed E-state index contributed by atoms with van der Waals surface area (Å²) in [4.78, 5) is 25.6. The first-order chi connectivity index (χ1) is 11.6. The molecular weight excluding hydrogens is 304 g/mol. The van der Waals surface area contributed by atoms with Crippen molar-refractivity contribution in [3.63, 3.8) is 0 Å². The number of fused-ring (bicyclic) bond motifs is 1. The minimum Gasteiger partial charge on any atom is -0.481 e. The van der Waals surface area contributed by atoms with Crippen LogP contribution < -0.4 is 5.32 Å². The van der Waals surface area contributed by atoms with Crippen LogP contribution in [0.25, 0.3) is 0 Å². The second kappa shape index (κ2) is 7.79. The van der Waals surface area contributed by atoms with E-state index in [1.807, 2.05) is 0 Å². The molecule has 1 aliphatic heterocycles. The first-order valence-electron chi connectivity index (χ1n) is 8.93. The van der Waals surface area contributed by atoms with Crippen molar-refractivity contribution >= 4 is 11.9 Å². The van der Waals surface area contributed by atoms with E-state index in [9.17, 15) is 9.59 Å². The molecule has 1 saturated carbocycles. The molecule has 1 amide bonds. The van der Waals surface area contributed by atoms with E-state index in [-0.39, 0.29) is 17.7 Å². The summed E-state index contributed by atoms with van der Waals surface area (Å²) in [5, 5.41) is 12.1. The molecule has 0 spiro atoms. The minimum absolute atomic E-state index is 0.0114. The van der Waals surface area contributed by atoms with E-state index in [1.54, 1.807) is 0 Å². The Hall–Kier alpha value is -1.88. The highest BCUT2D eigenvalue weighted by molar-refractivity contribution is 5.79. The van der Waals surface area contributed by atoms with Crippen molar-refractivity contribution in [3.05, 3.63) is 35.4 Å². The van der Waals surface area contributed by atoms with Crippen LogP contribution in [0.1, 0.15) is 36.8 Å². The first-order valence-corrected chi connectivity index (χ1v) is 8.93. The first kappa shape index (κ1) is 17.0. The highest BCUT2D eigenvalue weighted by atomic mass is 16.4. The third-order valence-corrected chi connectivity index (χ3v) is 5.38. The van der Waals surface area contributed by atoms with Gasteiger partial charge in [-0.1, -0.05) is 24.3 Å². The summed E-state index contributed by atoms with van der Waals surface area (Å²) < 4.78 is 0. The Balaban J connectivity index is 1.38. The molecule has 3 rings (SSSR count). The maximum atomic E-state index is 12.2. The molecule has 5 heteroatoms. The van der Waals surface area contributed by atoms with Crippen LogP contribution in [0.2, 0.25) is 0 Å². The number of carbonyl (C=O) groups excluding carboxylic acids is 1. The quantitative estimate of drug-likeness (QED) is 0.867. The van der Waals surface area contributed by atoms with Gasteiger partial charge in [0.15, 0.2) is 0 Å². The van der Waals surface area contributed by atoms with Crippen LogP contribution in [0.3, 0.4) is 0 Å². The molecule has 0 unspecified atom stereocenters. The monoisotopic (exact) mass is 330 g/mol. The molecule has 2 aliphatic rings. The molecule has 1 heterocycles. The summed E-state index contributed by atoms with van der Waals surface area (Å²) in [5.74, 6) is -0.902. The number of rotatable bonds is 5. The summed E-state index contributed by atoms with van der Waals surface area (Å²) in [7, 11) is 0. The fourth-order valence-electron chi connectivity index (χ4n) is 3.83. The Morgan fingerprint density at radius 3 is 2.46 bits per heavy atom. The standard InChI is InChI=1S/C19H26N2O3/c22-18(15-5-7-16(8-6-15)19(23)24)20-10-12-21-11-9-14-3-1-2-4-17(14)13-21/h1-4,15-16H,5-13H2,(H,20,22)(H,23,24). The maximum absolute atomic E-state index is 12.2. The number of aliphatic carboxylic acids is 1. The number of amides is 1. The molecule has 1 aromatic carbocycles. The Morgan fingerprint density at radius 1 is 1.08 bits per heavy atom. The predicted molar refractivity (Wildman–Crippen MR) is 91.5 cm³/mol. The van der Waals surface area contributed by atoms with Crippen molar-refractivity contribution in [1.82, 2.24) is 10.2 Å². The van der Waals surface area contributed by atoms with Gasteiger partial charge >= 0.3 is 5.97 Å². The Labute approximate surface area is 143 Å². The van der Waals surface area contributed by atoms with Crippen LogP contribution in [-0.2, 0) is 22.6 Å². The molecule has 0 bridgehead atoms. The van der Waals surface area contributed by atoms with Gasteiger partial charge in [-0.3, -0.25) is 14.5 Å². The van der Waals surface area contributed by atoms with Gasteiger partial charge in [0.1, 0.15) is 0 Å². The molecule has 1 aliphatic carbocycles. The molecule has 0 atom stereocenters. The van der Waals surface area contributed by atoms with E-state index >= 15 is 0 Å². The highest BCUT2D eigenvalue weighted by Gasteiger charge is 2.29. The van der Waals surface area contributed by atoms with Crippen molar-refractivity contribution in [3.8, 4) is 0 Å². The van der Waals surface area contributed by atoms with Crippen LogP contribution in [0.5, 0.6) is 0 Å². The molecular formula is C19H26N2O3. The second-order valence-corrected chi connectivity index (χ2v) is 6.97. The SMILES string of the molecule is O=C(O)C1CCC(C(=O)NCCN2CCc3ccccc3C2)CC1. The number of benzene rings is 1. The Bertz CT molecular complexity index is 594. The molecule has 1 fully saturated rings. The van der Waals surface area contributed by atoms with Gasteiger partial charge in [-0.05, 0) is 43.2 Å². The number of hydrogen-bond acceptors (Lipinski definition) is 3.